The Labute approximate surface area is 205 Å². The van der Waals surface area contributed by atoms with Crippen LogP contribution in [0.4, 0.5) is 44.7 Å². The standard InChI is InChI=1S/C24H28F5N5S/c25-23(26)5-9-34(14-23)17-1-2-18-20(13-17)35-21-12-15(24(27,28)29)11-19(22(21)32-18)31-16-3-7-33(8-4-16)10-6-30/h1-2,11-13,16,31-32H,3-10,14,30H2. The molecule has 0 saturated carbocycles. The van der Waals surface area contributed by atoms with Crippen molar-refractivity contribution in [2.45, 2.75) is 47.2 Å². The van der Waals surface area contributed by atoms with Crippen molar-refractivity contribution < 1.29 is 22.0 Å². The molecule has 4 N–H and O–H groups in total. The number of nitrogens with two attached hydrogens (primary N) is 1. The number of likely N-dealkylation sites (tertiary alicyclic amines) is 1. The number of hydrogen-bond donors (Lipinski definition) is 3. The van der Waals surface area contributed by atoms with Gasteiger partial charge in [0.1, 0.15) is 0 Å². The van der Waals surface area contributed by atoms with Crippen molar-refractivity contribution >= 4 is 34.5 Å². The van der Waals surface area contributed by atoms with Crippen molar-refractivity contribution in [3.63, 3.8) is 0 Å². The first-order chi connectivity index (χ1) is 16.6. The molecule has 0 spiro atoms. The summed E-state index contributed by atoms with van der Waals surface area (Å²) in [7, 11) is 0. The Hall–Kier alpha value is -2.24. The lowest BCUT2D eigenvalue weighted by Crippen LogP contribution is -2.41. The fourth-order valence-electron chi connectivity index (χ4n) is 4.91. The van der Waals surface area contributed by atoms with E-state index in [9.17, 15) is 22.0 Å². The third-order valence-electron chi connectivity index (χ3n) is 6.80. The van der Waals surface area contributed by atoms with E-state index < -0.39 is 17.7 Å². The average molecular weight is 514 g/mol. The van der Waals surface area contributed by atoms with Crippen molar-refractivity contribution in [1.29, 1.82) is 0 Å². The molecule has 0 aromatic heterocycles. The van der Waals surface area contributed by atoms with Gasteiger partial charge in [-0.05, 0) is 43.2 Å². The quantitative estimate of drug-likeness (QED) is 0.387. The van der Waals surface area contributed by atoms with Gasteiger partial charge in [-0.15, -0.1) is 0 Å². The number of piperidine rings is 1. The van der Waals surface area contributed by atoms with Gasteiger partial charge in [0.15, 0.2) is 0 Å². The highest BCUT2D eigenvalue weighted by molar-refractivity contribution is 7.99. The first kappa shape index (κ1) is 24.5. The third kappa shape index (κ3) is 5.31. The van der Waals surface area contributed by atoms with Gasteiger partial charge >= 0.3 is 6.18 Å². The zero-order valence-electron chi connectivity index (χ0n) is 19.1. The van der Waals surface area contributed by atoms with Crippen LogP contribution in [0.5, 0.6) is 0 Å². The number of nitrogens with one attached hydrogen (secondary N) is 2. The van der Waals surface area contributed by atoms with Crippen molar-refractivity contribution in [2.75, 3.05) is 54.8 Å². The van der Waals surface area contributed by atoms with Crippen LogP contribution in [0.2, 0.25) is 0 Å². The maximum atomic E-state index is 13.7. The second-order valence-corrected chi connectivity index (χ2v) is 10.5. The summed E-state index contributed by atoms with van der Waals surface area (Å²) in [5.41, 5.74) is 7.35. The smallest absolute Gasteiger partial charge is 0.380 e. The predicted molar refractivity (Wildman–Crippen MR) is 129 cm³/mol. The molecule has 2 aromatic rings. The van der Waals surface area contributed by atoms with Crippen LogP contribution >= 0.6 is 11.8 Å². The van der Waals surface area contributed by atoms with Gasteiger partial charge in [0.2, 0.25) is 0 Å². The van der Waals surface area contributed by atoms with E-state index in [2.05, 4.69) is 15.5 Å². The van der Waals surface area contributed by atoms with Crippen molar-refractivity contribution in [3.8, 4) is 0 Å². The van der Waals surface area contributed by atoms with Crippen LogP contribution < -0.4 is 21.3 Å². The number of hydrogen-bond acceptors (Lipinski definition) is 6. The SMILES string of the molecule is NCCN1CCC(Nc2cc(C(F)(F)F)cc3c2Nc2ccc(N4CCC(F)(F)C4)cc2S3)CC1. The van der Waals surface area contributed by atoms with Crippen LogP contribution in [0.15, 0.2) is 40.1 Å². The molecule has 35 heavy (non-hydrogen) atoms. The van der Waals surface area contributed by atoms with Gasteiger partial charge in [-0.25, -0.2) is 8.78 Å². The molecule has 5 nitrogen and oxygen atoms in total. The van der Waals surface area contributed by atoms with Crippen LogP contribution in [-0.4, -0.2) is 56.1 Å². The van der Waals surface area contributed by atoms with Crippen LogP contribution in [0, 0.1) is 0 Å². The molecule has 5 rings (SSSR count). The van der Waals surface area contributed by atoms with Crippen LogP contribution in [-0.2, 0) is 6.18 Å². The van der Waals surface area contributed by atoms with Gasteiger partial charge in [0, 0.05) is 60.7 Å². The minimum Gasteiger partial charge on any atom is -0.380 e. The summed E-state index contributed by atoms with van der Waals surface area (Å²) >= 11 is 1.23. The van der Waals surface area contributed by atoms with Crippen LogP contribution in [0.25, 0.3) is 0 Å². The molecule has 190 valence electrons. The normalized spacial score (nSPS) is 20.3. The fourth-order valence-corrected chi connectivity index (χ4v) is 6.01. The lowest BCUT2D eigenvalue weighted by molar-refractivity contribution is -0.137. The number of anilines is 4. The molecular weight excluding hydrogens is 485 g/mol. The highest BCUT2D eigenvalue weighted by Gasteiger charge is 2.39. The average Bonchev–Trinajstić information content (AvgIpc) is 3.18. The summed E-state index contributed by atoms with van der Waals surface area (Å²) in [5, 5.41) is 6.65. The zero-order valence-corrected chi connectivity index (χ0v) is 19.9. The molecule has 0 atom stereocenters. The van der Waals surface area contributed by atoms with Gasteiger partial charge < -0.3 is 26.2 Å². The highest BCUT2D eigenvalue weighted by atomic mass is 32.2. The maximum absolute atomic E-state index is 13.7. The predicted octanol–water partition coefficient (Wildman–Crippen LogP) is 5.59. The molecule has 11 heteroatoms. The topological polar surface area (TPSA) is 56.6 Å². The van der Waals surface area contributed by atoms with Crippen LogP contribution in [0.3, 0.4) is 0 Å². The summed E-state index contributed by atoms with van der Waals surface area (Å²) in [6, 6.07) is 7.75. The summed E-state index contributed by atoms with van der Waals surface area (Å²) in [4.78, 5) is 5.05. The van der Waals surface area contributed by atoms with Gasteiger partial charge in [0.05, 0.1) is 29.2 Å². The van der Waals surface area contributed by atoms with E-state index in [-0.39, 0.29) is 25.6 Å². The highest BCUT2D eigenvalue weighted by Crippen LogP contribution is 2.50. The Morgan fingerprint density at radius 1 is 1.09 bits per heavy atom. The largest absolute Gasteiger partial charge is 0.416 e. The van der Waals surface area contributed by atoms with E-state index in [1.165, 1.54) is 17.8 Å². The molecule has 0 amide bonds. The minimum absolute atomic E-state index is 0.0593. The summed E-state index contributed by atoms with van der Waals surface area (Å²) in [6.45, 7) is 2.99. The summed E-state index contributed by atoms with van der Waals surface area (Å²) in [6.07, 6.45) is -3.05. The monoisotopic (exact) mass is 513 g/mol. The van der Waals surface area contributed by atoms with E-state index in [0.29, 0.717) is 33.4 Å². The Bertz CT molecular complexity index is 1080. The number of nitrogens with zero attached hydrogens (tertiary/aromatic N) is 2. The van der Waals surface area contributed by atoms with Crippen molar-refractivity contribution in [3.05, 3.63) is 35.9 Å². The van der Waals surface area contributed by atoms with E-state index >= 15 is 0 Å². The lowest BCUT2D eigenvalue weighted by atomic mass is 10.0. The minimum atomic E-state index is -4.49. The molecule has 2 aromatic carbocycles. The third-order valence-corrected chi connectivity index (χ3v) is 7.90. The van der Waals surface area contributed by atoms with Crippen LogP contribution in [0.1, 0.15) is 24.8 Å². The molecule has 3 aliphatic rings. The molecule has 2 fully saturated rings. The van der Waals surface area contributed by atoms with Crippen molar-refractivity contribution in [2.24, 2.45) is 5.73 Å². The van der Waals surface area contributed by atoms with Gasteiger partial charge in [-0.1, -0.05) is 11.8 Å². The Morgan fingerprint density at radius 3 is 2.51 bits per heavy atom. The molecule has 2 saturated heterocycles. The Kier molecular flexibility index (Phi) is 6.52. The maximum Gasteiger partial charge on any atom is 0.416 e. The number of rotatable bonds is 5. The Morgan fingerprint density at radius 2 is 1.86 bits per heavy atom. The van der Waals surface area contributed by atoms with Crippen molar-refractivity contribution in [1.82, 2.24) is 4.90 Å². The van der Waals surface area contributed by atoms with Gasteiger partial charge in [-0.2, -0.15) is 13.2 Å². The number of benzene rings is 2. The van der Waals surface area contributed by atoms with E-state index in [1.807, 2.05) is 6.07 Å². The molecule has 0 unspecified atom stereocenters. The first-order valence-corrected chi connectivity index (χ1v) is 12.6. The zero-order chi connectivity index (χ0) is 24.8. The number of alkyl halides is 5. The molecular formula is C24H28F5N5S. The number of fused-ring (bicyclic) bond motifs is 2. The second-order valence-electron chi connectivity index (χ2n) is 9.38. The summed E-state index contributed by atoms with van der Waals surface area (Å²) < 4.78 is 68.6. The first-order valence-electron chi connectivity index (χ1n) is 11.8. The molecule has 0 radical (unpaired) electrons. The molecule has 0 aliphatic carbocycles. The van der Waals surface area contributed by atoms with Gasteiger partial charge in [0.25, 0.3) is 5.92 Å². The van der Waals surface area contributed by atoms with E-state index in [4.69, 9.17) is 5.73 Å². The second kappa shape index (κ2) is 9.33. The number of halogens is 5. The Balaban J connectivity index is 1.41. The van der Waals surface area contributed by atoms with E-state index in [1.54, 1.807) is 17.0 Å². The molecule has 3 heterocycles. The van der Waals surface area contributed by atoms with E-state index in [0.717, 1.165) is 44.2 Å². The molecule has 0 bridgehead atoms. The lowest BCUT2D eigenvalue weighted by Gasteiger charge is -2.34. The summed E-state index contributed by atoms with van der Waals surface area (Å²) in [5.74, 6) is -2.73. The molecule has 3 aliphatic heterocycles. The van der Waals surface area contributed by atoms with Gasteiger partial charge in [-0.3, -0.25) is 0 Å². The fraction of sp³-hybridized carbons (Fsp3) is 0.500.